The molecule has 0 radical (unpaired) electrons. The first-order chi connectivity index (χ1) is 8.97. The molecule has 1 aromatic heterocycles. The molecule has 0 saturated carbocycles. The predicted octanol–water partition coefficient (Wildman–Crippen LogP) is 2.65. The Kier molecular flexibility index (Phi) is 3.57. The summed E-state index contributed by atoms with van der Waals surface area (Å²) in [7, 11) is 0. The van der Waals surface area contributed by atoms with Crippen molar-refractivity contribution in [3.63, 3.8) is 0 Å². The molecule has 19 heavy (non-hydrogen) atoms. The van der Waals surface area contributed by atoms with Crippen LogP contribution >= 0.6 is 11.6 Å². The van der Waals surface area contributed by atoms with E-state index < -0.39 is 11.9 Å². The Morgan fingerprint density at radius 2 is 2.16 bits per heavy atom. The van der Waals surface area contributed by atoms with Crippen LogP contribution in [0.3, 0.4) is 0 Å². The monoisotopic (exact) mass is 279 g/mol. The lowest BCUT2D eigenvalue weighted by molar-refractivity contribution is -0.134. The van der Waals surface area contributed by atoms with Gasteiger partial charge in [0.15, 0.2) is 5.58 Å². The Morgan fingerprint density at radius 1 is 1.42 bits per heavy atom. The average Bonchev–Trinajstić information content (AvgIpc) is 2.71. The third-order valence-electron chi connectivity index (χ3n) is 2.34. The largest absolute Gasteiger partial charge is 0.477 e. The molecule has 0 unspecified atom stereocenters. The van der Waals surface area contributed by atoms with Gasteiger partial charge in [-0.15, -0.1) is 0 Å². The summed E-state index contributed by atoms with van der Waals surface area (Å²) in [6.07, 6.45) is 1.24. The zero-order chi connectivity index (χ0) is 14.0. The normalized spacial score (nSPS) is 11.6. The van der Waals surface area contributed by atoms with Crippen LogP contribution in [-0.2, 0) is 9.59 Å². The van der Waals surface area contributed by atoms with E-state index in [1.54, 1.807) is 24.3 Å². The number of carboxylic acids is 1. The van der Waals surface area contributed by atoms with Gasteiger partial charge in [-0.25, -0.2) is 4.79 Å². The van der Waals surface area contributed by atoms with Crippen LogP contribution < -0.4 is 5.32 Å². The van der Waals surface area contributed by atoms with Gasteiger partial charge in [0, 0.05) is 18.4 Å². The molecule has 0 aliphatic carbocycles. The van der Waals surface area contributed by atoms with Gasteiger partial charge < -0.3 is 14.8 Å². The van der Waals surface area contributed by atoms with Gasteiger partial charge in [-0.3, -0.25) is 4.79 Å². The van der Waals surface area contributed by atoms with Crippen molar-refractivity contribution in [3.05, 3.63) is 40.7 Å². The minimum Gasteiger partial charge on any atom is -0.477 e. The number of benzene rings is 1. The lowest BCUT2D eigenvalue weighted by Gasteiger charge is -2.00. The maximum atomic E-state index is 11.0. The van der Waals surface area contributed by atoms with Crippen LogP contribution in [0, 0.1) is 0 Å². The number of aliphatic carboxylic acids is 1. The van der Waals surface area contributed by atoms with E-state index in [9.17, 15) is 9.59 Å². The van der Waals surface area contributed by atoms with Crippen molar-refractivity contribution in [2.45, 2.75) is 6.92 Å². The second kappa shape index (κ2) is 5.16. The predicted molar refractivity (Wildman–Crippen MR) is 70.7 cm³/mol. The first-order valence-electron chi connectivity index (χ1n) is 5.38. The van der Waals surface area contributed by atoms with Gasteiger partial charge in [0.2, 0.25) is 5.91 Å². The number of carbonyl (C=O) groups excluding carboxylic acids is 1. The van der Waals surface area contributed by atoms with Crippen molar-refractivity contribution < 1.29 is 19.1 Å². The van der Waals surface area contributed by atoms with Crippen LogP contribution in [0.25, 0.3) is 17.0 Å². The Balaban J connectivity index is 2.45. The molecule has 6 heteroatoms. The van der Waals surface area contributed by atoms with E-state index in [2.05, 4.69) is 5.32 Å². The molecule has 0 bridgehead atoms. The summed E-state index contributed by atoms with van der Waals surface area (Å²) in [5.41, 5.74) is 0.214. The molecular formula is C13H10ClNO4. The molecule has 1 amide bonds. The van der Waals surface area contributed by atoms with Crippen LogP contribution in [0.5, 0.6) is 0 Å². The first kappa shape index (κ1) is 13.2. The van der Waals surface area contributed by atoms with E-state index in [1.165, 1.54) is 13.0 Å². The van der Waals surface area contributed by atoms with Gasteiger partial charge in [-0.05, 0) is 12.1 Å². The number of halogens is 1. The fourth-order valence-electron chi connectivity index (χ4n) is 1.60. The number of hydrogen-bond acceptors (Lipinski definition) is 3. The second-order valence-electron chi connectivity index (χ2n) is 3.85. The highest BCUT2D eigenvalue weighted by molar-refractivity contribution is 6.34. The fraction of sp³-hybridized carbons (Fsp3) is 0.0769. The second-order valence-corrected chi connectivity index (χ2v) is 4.26. The van der Waals surface area contributed by atoms with Crippen molar-refractivity contribution in [1.82, 2.24) is 5.32 Å². The van der Waals surface area contributed by atoms with E-state index in [1.807, 2.05) is 0 Å². The Labute approximate surface area is 113 Å². The lowest BCUT2D eigenvalue weighted by atomic mass is 10.2. The maximum absolute atomic E-state index is 11.0. The molecule has 98 valence electrons. The fourth-order valence-corrected chi connectivity index (χ4v) is 1.82. The summed E-state index contributed by atoms with van der Waals surface area (Å²) in [5, 5.41) is 12.4. The third-order valence-corrected chi connectivity index (χ3v) is 2.64. The number of hydrogen-bond donors (Lipinski definition) is 2. The van der Waals surface area contributed by atoms with Gasteiger partial charge in [0.25, 0.3) is 0 Å². The number of nitrogens with one attached hydrogen (secondary N) is 1. The van der Waals surface area contributed by atoms with Crippen molar-refractivity contribution in [2.24, 2.45) is 0 Å². The third kappa shape index (κ3) is 2.95. The van der Waals surface area contributed by atoms with E-state index in [0.717, 1.165) is 5.39 Å². The molecular weight excluding hydrogens is 270 g/mol. The number of para-hydroxylation sites is 1. The number of furan rings is 1. The van der Waals surface area contributed by atoms with Gasteiger partial charge in [-0.2, -0.15) is 0 Å². The number of amides is 1. The van der Waals surface area contributed by atoms with Crippen LogP contribution in [0.2, 0.25) is 5.02 Å². The Hall–Kier alpha value is -2.27. The first-order valence-corrected chi connectivity index (χ1v) is 5.76. The molecule has 0 fully saturated rings. The Bertz CT molecular complexity index is 687. The summed E-state index contributed by atoms with van der Waals surface area (Å²) in [5.74, 6) is -1.42. The number of fused-ring (bicyclic) bond motifs is 1. The molecule has 2 aromatic rings. The lowest BCUT2D eigenvalue weighted by Crippen LogP contribution is -2.24. The van der Waals surface area contributed by atoms with Crippen LogP contribution in [0.4, 0.5) is 0 Å². The van der Waals surface area contributed by atoms with Gasteiger partial charge in [0.1, 0.15) is 11.5 Å². The van der Waals surface area contributed by atoms with Crippen molar-refractivity contribution >= 4 is 40.5 Å². The topological polar surface area (TPSA) is 79.5 Å². The summed E-state index contributed by atoms with van der Waals surface area (Å²) in [4.78, 5) is 21.9. The molecule has 0 spiro atoms. The average molecular weight is 280 g/mol. The van der Waals surface area contributed by atoms with E-state index in [4.69, 9.17) is 21.1 Å². The molecule has 0 aliphatic rings. The SMILES string of the molecule is CC(=O)N/C(=C/c1cc2cccc(Cl)c2o1)C(=O)O. The molecule has 0 saturated heterocycles. The molecule has 0 atom stereocenters. The van der Waals surface area contributed by atoms with Gasteiger partial charge in [-0.1, -0.05) is 23.7 Å². The smallest absolute Gasteiger partial charge is 0.352 e. The summed E-state index contributed by atoms with van der Waals surface area (Å²) in [6, 6.07) is 6.87. The molecule has 2 N–H and O–H groups in total. The van der Waals surface area contributed by atoms with Crippen molar-refractivity contribution in [1.29, 1.82) is 0 Å². The van der Waals surface area contributed by atoms with Crippen LogP contribution in [-0.4, -0.2) is 17.0 Å². The zero-order valence-electron chi connectivity index (χ0n) is 9.94. The quantitative estimate of drug-likeness (QED) is 0.847. The minimum absolute atomic E-state index is 0.261. The molecule has 1 aromatic carbocycles. The standard InChI is InChI=1S/C13H10ClNO4/c1-7(16)15-11(13(17)18)6-9-5-8-3-2-4-10(14)12(8)19-9/h2-6H,1H3,(H,15,16)(H,17,18)/b11-6+. The molecule has 5 nitrogen and oxygen atoms in total. The van der Waals surface area contributed by atoms with Crippen LogP contribution in [0.1, 0.15) is 12.7 Å². The number of carbonyl (C=O) groups is 2. The zero-order valence-corrected chi connectivity index (χ0v) is 10.7. The van der Waals surface area contributed by atoms with Crippen molar-refractivity contribution in [3.8, 4) is 0 Å². The highest BCUT2D eigenvalue weighted by Gasteiger charge is 2.11. The molecule has 2 rings (SSSR count). The van der Waals surface area contributed by atoms with E-state index >= 15 is 0 Å². The number of carboxylic acid groups (broad SMARTS) is 1. The molecule has 1 heterocycles. The summed E-state index contributed by atoms with van der Waals surface area (Å²) < 4.78 is 5.44. The van der Waals surface area contributed by atoms with Crippen LogP contribution in [0.15, 0.2) is 34.4 Å². The highest BCUT2D eigenvalue weighted by Crippen LogP contribution is 2.27. The summed E-state index contributed by atoms with van der Waals surface area (Å²) in [6.45, 7) is 1.23. The minimum atomic E-state index is -1.25. The van der Waals surface area contributed by atoms with Gasteiger partial charge in [0.05, 0.1) is 5.02 Å². The molecule has 0 aliphatic heterocycles. The Morgan fingerprint density at radius 3 is 2.74 bits per heavy atom. The number of rotatable bonds is 3. The maximum Gasteiger partial charge on any atom is 0.352 e. The van der Waals surface area contributed by atoms with Crippen molar-refractivity contribution in [2.75, 3.05) is 0 Å². The summed E-state index contributed by atoms with van der Waals surface area (Å²) >= 11 is 5.95. The highest BCUT2D eigenvalue weighted by atomic mass is 35.5. The van der Waals surface area contributed by atoms with Gasteiger partial charge >= 0.3 is 5.97 Å². The van der Waals surface area contributed by atoms with E-state index in [0.29, 0.717) is 16.4 Å². The van der Waals surface area contributed by atoms with E-state index in [-0.39, 0.29) is 5.70 Å².